The van der Waals surface area contributed by atoms with Crippen molar-refractivity contribution in [3.05, 3.63) is 118 Å². The Morgan fingerprint density at radius 3 is 1.93 bits per heavy atom. The van der Waals surface area contributed by atoms with Crippen LogP contribution in [0, 0.1) is 34.9 Å². The maximum absolute atomic E-state index is 15.1. The van der Waals surface area contributed by atoms with Crippen LogP contribution in [0.2, 0.25) is 0 Å². The van der Waals surface area contributed by atoms with Crippen LogP contribution in [-0.2, 0) is 26.7 Å². The Morgan fingerprint density at radius 2 is 1.31 bits per heavy atom. The number of hydrogen-bond acceptors (Lipinski definition) is 3. The SMILES string of the molecule is CCCCCc1ccc(C(F)(F)OC2COC(c3ccc(-c4ccc(-c5cc(F)c(F)c(F)c5)c(F)c4)c(F)c3)OC2)c(F)c1. The Labute approximate surface area is 254 Å². The first-order chi connectivity index (χ1) is 21.5. The number of hydrogen-bond donors (Lipinski definition) is 0. The van der Waals surface area contributed by atoms with E-state index in [1.165, 1.54) is 30.3 Å². The van der Waals surface area contributed by atoms with Crippen molar-refractivity contribution in [2.24, 2.45) is 0 Å². The highest BCUT2D eigenvalue weighted by molar-refractivity contribution is 5.71. The van der Waals surface area contributed by atoms with Gasteiger partial charge in [-0.3, -0.25) is 0 Å². The first-order valence-corrected chi connectivity index (χ1v) is 14.3. The van der Waals surface area contributed by atoms with Gasteiger partial charge in [-0.25, -0.2) is 26.3 Å². The summed E-state index contributed by atoms with van der Waals surface area (Å²) in [5, 5.41) is 0. The molecule has 0 saturated carbocycles. The quantitative estimate of drug-likeness (QED) is 0.0986. The topological polar surface area (TPSA) is 27.7 Å². The van der Waals surface area contributed by atoms with Crippen molar-refractivity contribution < 1.29 is 49.3 Å². The fraction of sp³-hybridized carbons (Fsp3) is 0.294. The summed E-state index contributed by atoms with van der Waals surface area (Å²) >= 11 is 0. The lowest BCUT2D eigenvalue weighted by atomic mass is 9.98. The highest BCUT2D eigenvalue weighted by atomic mass is 19.3. The maximum atomic E-state index is 15.1. The zero-order chi connectivity index (χ0) is 32.3. The molecule has 238 valence electrons. The highest BCUT2D eigenvalue weighted by Gasteiger charge is 2.40. The van der Waals surface area contributed by atoms with Gasteiger partial charge in [-0.1, -0.05) is 50.1 Å². The van der Waals surface area contributed by atoms with Crippen molar-refractivity contribution in [3.8, 4) is 22.3 Å². The van der Waals surface area contributed by atoms with Crippen LogP contribution in [0.1, 0.15) is 49.2 Å². The third-order valence-corrected chi connectivity index (χ3v) is 7.44. The summed E-state index contributed by atoms with van der Waals surface area (Å²) in [6.45, 7) is 1.33. The molecule has 1 aliphatic heterocycles. The van der Waals surface area contributed by atoms with Gasteiger partial charge >= 0.3 is 6.11 Å². The number of ether oxygens (including phenoxy) is 3. The van der Waals surface area contributed by atoms with Crippen LogP contribution >= 0.6 is 0 Å². The van der Waals surface area contributed by atoms with Crippen LogP contribution in [-0.4, -0.2) is 19.3 Å². The maximum Gasteiger partial charge on any atom is 0.386 e. The lowest BCUT2D eigenvalue weighted by Crippen LogP contribution is -2.38. The van der Waals surface area contributed by atoms with Crippen LogP contribution in [0.3, 0.4) is 0 Å². The van der Waals surface area contributed by atoms with Crippen LogP contribution in [0.25, 0.3) is 22.3 Å². The molecule has 1 aliphatic rings. The summed E-state index contributed by atoms with van der Waals surface area (Å²) in [6.07, 6.45) is -2.99. The molecule has 0 unspecified atom stereocenters. The molecule has 1 saturated heterocycles. The minimum absolute atomic E-state index is 0.0178. The molecule has 0 spiro atoms. The molecule has 0 bridgehead atoms. The van der Waals surface area contributed by atoms with Crippen molar-refractivity contribution in [1.82, 2.24) is 0 Å². The average Bonchev–Trinajstić information content (AvgIpc) is 3.00. The van der Waals surface area contributed by atoms with Crippen molar-refractivity contribution in [3.63, 3.8) is 0 Å². The molecule has 3 nitrogen and oxygen atoms in total. The summed E-state index contributed by atoms with van der Waals surface area (Å²) in [6, 6.07) is 12.2. The van der Waals surface area contributed by atoms with Gasteiger partial charge < -0.3 is 14.2 Å². The van der Waals surface area contributed by atoms with E-state index in [-0.39, 0.29) is 41.0 Å². The Kier molecular flexibility index (Phi) is 9.91. The van der Waals surface area contributed by atoms with Gasteiger partial charge in [-0.05, 0) is 65.9 Å². The molecule has 0 N–H and O–H groups in total. The number of unbranched alkanes of at least 4 members (excludes halogenated alkanes) is 2. The zero-order valence-electron chi connectivity index (χ0n) is 24.0. The molecule has 0 radical (unpaired) electrons. The summed E-state index contributed by atoms with van der Waals surface area (Å²) in [5.41, 5.74) is -0.447. The molecular weight excluding hydrogens is 608 g/mol. The molecule has 0 aliphatic carbocycles. The zero-order valence-corrected chi connectivity index (χ0v) is 24.0. The molecule has 0 aromatic heterocycles. The molecule has 4 aromatic rings. The summed E-state index contributed by atoms with van der Waals surface area (Å²) in [7, 11) is 0. The van der Waals surface area contributed by atoms with Gasteiger partial charge in [-0.2, -0.15) is 8.78 Å². The molecule has 45 heavy (non-hydrogen) atoms. The van der Waals surface area contributed by atoms with Crippen molar-refractivity contribution in [2.75, 3.05) is 13.2 Å². The Hall–Kier alpha value is -3.80. The molecule has 11 heteroatoms. The molecule has 1 fully saturated rings. The molecule has 0 atom stereocenters. The first kappa shape index (κ1) is 32.6. The van der Waals surface area contributed by atoms with Crippen molar-refractivity contribution in [1.29, 1.82) is 0 Å². The molecule has 0 amide bonds. The van der Waals surface area contributed by atoms with Gasteiger partial charge in [0.05, 0.1) is 18.8 Å². The van der Waals surface area contributed by atoms with Gasteiger partial charge in [-0.15, -0.1) is 0 Å². The third kappa shape index (κ3) is 7.37. The van der Waals surface area contributed by atoms with Gasteiger partial charge in [0.15, 0.2) is 23.7 Å². The fourth-order valence-corrected chi connectivity index (χ4v) is 5.09. The Balaban J connectivity index is 1.22. The molecule has 1 heterocycles. The van der Waals surface area contributed by atoms with E-state index in [2.05, 4.69) is 0 Å². The first-order valence-electron chi connectivity index (χ1n) is 14.3. The Bertz CT molecular complexity index is 1640. The second-order valence-corrected chi connectivity index (χ2v) is 10.7. The molecule has 4 aromatic carbocycles. The van der Waals surface area contributed by atoms with E-state index in [1.807, 2.05) is 6.92 Å². The fourth-order valence-electron chi connectivity index (χ4n) is 5.09. The second kappa shape index (κ2) is 13.7. The Morgan fingerprint density at radius 1 is 0.689 bits per heavy atom. The predicted molar refractivity (Wildman–Crippen MR) is 150 cm³/mol. The van der Waals surface area contributed by atoms with E-state index in [4.69, 9.17) is 14.2 Å². The van der Waals surface area contributed by atoms with Crippen LogP contribution in [0.15, 0.2) is 66.7 Å². The normalized spacial score (nSPS) is 17.1. The van der Waals surface area contributed by atoms with Crippen LogP contribution < -0.4 is 0 Å². The van der Waals surface area contributed by atoms with Crippen molar-refractivity contribution >= 4 is 0 Å². The van der Waals surface area contributed by atoms with E-state index in [1.54, 1.807) is 0 Å². The summed E-state index contributed by atoms with van der Waals surface area (Å²) < 4.78 is 130. The summed E-state index contributed by atoms with van der Waals surface area (Å²) in [5.74, 6) is -7.43. The summed E-state index contributed by atoms with van der Waals surface area (Å²) in [4.78, 5) is 0. The third-order valence-electron chi connectivity index (χ3n) is 7.44. The van der Waals surface area contributed by atoms with Gasteiger partial charge in [0.2, 0.25) is 0 Å². The van der Waals surface area contributed by atoms with Crippen LogP contribution in [0.4, 0.5) is 35.1 Å². The van der Waals surface area contributed by atoms with Gasteiger partial charge in [0.1, 0.15) is 23.6 Å². The van der Waals surface area contributed by atoms with E-state index in [0.717, 1.165) is 43.5 Å². The van der Waals surface area contributed by atoms with Gasteiger partial charge in [0, 0.05) is 16.7 Å². The predicted octanol–water partition coefficient (Wildman–Crippen LogP) is 9.77. The van der Waals surface area contributed by atoms with E-state index in [9.17, 15) is 30.7 Å². The van der Waals surface area contributed by atoms with Gasteiger partial charge in [0.25, 0.3) is 0 Å². The number of benzene rings is 4. The second-order valence-electron chi connectivity index (χ2n) is 10.7. The van der Waals surface area contributed by atoms with E-state index >= 15 is 4.39 Å². The minimum Gasteiger partial charge on any atom is -0.346 e. The smallest absolute Gasteiger partial charge is 0.346 e. The van der Waals surface area contributed by atoms with Crippen molar-refractivity contribution in [2.45, 2.75) is 51.1 Å². The largest absolute Gasteiger partial charge is 0.386 e. The molecule has 5 rings (SSSR count). The highest BCUT2D eigenvalue weighted by Crippen LogP contribution is 2.36. The van der Waals surface area contributed by atoms with E-state index in [0.29, 0.717) is 24.1 Å². The lowest BCUT2D eigenvalue weighted by molar-refractivity contribution is -0.321. The van der Waals surface area contributed by atoms with E-state index < -0.39 is 59.0 Å². The van der Waals surface area contributed by atoms with Crippen LogP contribution in [0.5, 0.6) is 0 Å². The monoisotopic (exact) mass is 636 g/mol. The number of rotatable bonds is 10. The number of aryl methyl sites for hydroxylation is 1. The minimum atomic E-state index is -3.95. The molecular formula is C34H28F8O3. The lowest BCUT2D eigenvalue weighted by Gasteiger charge is -2.32. The standard InChI is InChI=1S/C34H28F8O3/c1-2-3-4-5-19-6-11-26(29(37)12-19)34(41,42)45-23-17-43-33(44-18-23)21-8-10-24(28(36)14-21)20-7-9-25(27(35)13-20)22-15-30(38)32(40)31(39)16-22/h6-16,23,33H,2-5,17-18H2,1H3. The number of alkyl halides is 2. The average molecular weight is 637 g/mol. The number of halogens is 8.